The molecular formula is C20H20N2O3S. The summed E-state index contributed by atoms with van der Waals surface area (Å²) in [4.78, 5) is 17.4. The number of hydrogen-bond donors (Lipinski definition) is 1. The van der Waals surface area contributed by atoms with Crippen molar-refractivity contribution in [3.63, 3.8) is 0 Å². The van der Waals surface area contributed by atoms with Crippen molar-refractivity contribution in [3.8, 4) is 11.5 Å². The van der Waals surface area contributed by atoms with E-state index in [0.717, 1.165) is 16.8 Å². The van der Waals surface area contributed by atoms with Crippen LogP contribution in [0.5, 0.6) is 11.5 Å². The number of amides is 1. The lowest BCUT2D eigenvalue weighted by atomic mass is 10.1. The molecule has 134 valence electrons. The molecule has 1 saturated heterocycles. The van der Waals surface area contributed by atoms with Crippen LogP contribution in [0.25, 0.3) is 6.08 Å². The lowest BCUT2D eigenvalue weighted by Crippen LogP contribution is -2.19. The Morgan fingerprint density at radius 1 is 1.04 bits per heavy atom. The monoisotopic (exact) mass is 368 g/mol. The lowest BCUT2D eigenvalue weighted by Gasteiger charge is -2.07. The quantitative estimate of drug-likeness (QED) is 0.821. The van der Waals surface area contributed by atoms with Crippen LogP contribution in [0.1, 0.15) is 16.7 Å². The number of carbonyl (C=O) groups is 1. The smallest absolute Gasteiger partial charge is 0.264 e. The van der Waals surface area contributed by atoms with Crippen LogP contribution in [0.15, 0.2) is 46.3 Å². The summed E-state index contributed by atoms with van der Waals surface area (Å²) in [6.45, 7) is 4.05. The van der Waals surface area contributed by atoms with Gasteiger partial charge < -0.3 is 14.8 Å². The highest BCUT2D eigenvalue weighted by Crippen LogP contribution is 2.32. The average Bonchev–Trinajstić information content (AvgIpc) is 2.96. The van der Waals surface area contributed by atoms with E-state index in [-0.39, 0.29) is 5.91 Å². The van der Waals surface area contributed by atoms with E-state index >= 15 is 0 Å². The van der Waals surface area contributed by atoms with Gasteiger partial charge >= 0.3 is 0 Å². The summed E-state index contributed by atoms with van der Waals surface area (Å²) in [6, 6.07) is 11.6. The molecular weight excluding hydrogens is 348 g/mol. The summed E-state index contributed by atoms with van der Waals surface area (Å²) in [7, 11) is 3.17. The lowest BCUT2D eigenvalue weighted by molar-refractivity contribution is -0.115. The summed E-state index contributed by atoms with van der Waals surface area (Å²) in [5.74, 6) is 1.11. The van der Waals surface area contributed by atoms with Crippen LogP contribution in [0.2, 0.25) is 0 Å². The summed E-state index contributed by atoms with van der Waals surface area (Å²) >= 11 is 1.32. The van der Waals surface area contributed by atoms with E-state index in [1.165, 1.54) is 17.3 Å². The van der Waals surface area contributed by atoms with Gasteiger partial charge in [-0.1, -0.05) is 23.8 Å². The highest BCUT2D eigenvalue weighted by atomic mass is 32.2. The van der Waals surface area contributed by atoms with E-state index in [0.29, 0.717) is 21.6 Å². The maximum absolute atomic E-state index is 12.3. The Hall–Kier alpha value is -2.73. The number of benzene rings is 2. The molecule has 1 amide bonds. The first-order valence-corrected chi connectivity index (χ1v) is 8.90. The molecule has 26 heavy (non-hydrogen) atoms. The number of ether oxygens (including phenoxy) is 2. The van der Waals surface area contributed by atoms with Crippen LogP contribution in [-0.4, -0.2) is 25.3 Å². The number of methoxy groups -OCH3 is 2. The largest absolute Gasteiger partial charge is 0.493 e. The minimum Gasteiger partial charge on any atom is -0.493 e. The van der Waals surface area contributed by atoms with Crippen LogP contribution in [0.3, 0.4) is 0 Å². The van der Waals surface area contributed by atoms with Crippen LogP contribution in [-0.2, 0) is 4.79 Å². The number of aliphatic imine (C=N–C) groups is 1. The Morgan fingerprint density at radius 3 is 2.50 bits per heavy atom. The van der Waals surface area contributed by atoms with Crippen LogP contribution in [0, 0.1) is 13.8 Å². The van der Waals surface area contributed by atoms with E-state index in [4.69, 9.17) is 9.47 Å². The summed E-state index contributed by atoms with van der Waals surface area (Å²) < 4.78 is 10.5. The molecule has 6 heteroatoms. The fourth-order valence-corrected chi connectivity index (χ4v) is 3.45. The van der Waals surface area contributed by atoms with Crippen molar-refractivity contribution in [1.29, 1.82) is 0 Å². The van der Waals surface area contributed by atoms with Crippen LogP contribution >= 0.6 is 11.8 Å². The van der Waals surface area contributed by atoms with Gasteiger partial charge in [-0.25, -0.2) is 4.99 Å². The standard InChI is InChI=1S/C20H20N2O3S/c1-12-5-7-15(13(2)9-12)21-20-22-19(23)18(26-20)11-14-6-8-16(24-3)17(10-14)25-4/h5-11H,1-4H3,(H,21,22,23)/b18-11-. The zero-order chi connectivity index (χ0) is 18.7. The molecule has 0 saturated carbocycles. The predicted molar refractivity (Wildman–Crippen MR) is 106 cm³/mol. The predicted octanol–water partition coefficient (Wildman–Crippen LogP) is 4.21. The van der Waals surface area contributed by atoms with E-state index in [9.17, 15) is 4.79 Å². The van der Waals surface area contributed by atoms with Crippen molar-refractivity contribution in [2.75, 3.05) is 14.2 Å². The minimum atomic E-state index is -0.159. The normalized spacial score (nSPS) is 16.8. The molecule has 2 aromatic carbocycles. The first-order valence-electron chi connectivity index (χ1n) is 8.09. The Kier molecular flexibility index (Phi) is 5.32. The van der Waals surface area contributed by atoms with Crippen molar-refractivity contribution in [2.45, 2.75) is 13.8 Å². The molecule has 0 spiro atoms. The summed E-state index contributed by atoms with van der Waals surface area (Å²) in [5, 5.41) is 3.39. The molecule has 1 fully saturated rings. The van der Waals surface area contributed by atoms with E-state index in [1.807, 2.05) is 50.3 Å². The molecule has 5 nitrogen and oxygen atoms in total. The Balaban J connectivity index is 1.85. The van der Waals surface area contributed by atoms with Gasteiger partial charge in [-0.2, -0.15) is 0 Å². The molecule has 1 heterocycles. The molecule has 1 aliphatic rings. The third kappa shape index (κ3) is 3.91. The minimum absolute atomic E-state index is 0.159. The fourth-order valence-electron chi connectivity index (χ4n) is 2.61. The molecule has 0 aliphatic carbocycles. The number of nitrogens with zero attached hydrogens (tertiary/aromatic N) is 1. The molecule has 0 radical (unpaired) electrons. The number of carbonyl (C=O) groups excluding carboxylic acids is 1. The first kappa shape index (κ1) is 18.1. The molecule has 0 aromatic heterocycles. The van der Waals surface area contributed by atoms with Gasteiger partial charge in [-0.05, 0) is 61.0 Å². The van der Waals surface area contributed by atoms with E-state index in [2.05, 4.69) is 16.4 Å². The maximum atomic E-state index is 12.3. The second-order valence-corrected chi connectivity index (χ2v) is 6.92. The fraction of sp³-hybridized carbons (Fsp3) is 0.200. The zero-order valence-corrected chi connectivity index (χ0v) is 15.9. The van der Waals surface area contributed by atoms with E-state index < -0.39 is 0 Å². The summed E-state index contributed by atoms with van der Waals surface area (Å²) in [5.41, 5.74) is 3.96. The van der Waals surface area contributed by atoms with Crippen molar-refractivity contribution < 1.29 is 14.3 Å². The number of amidine groups is 1. The number of hydrogen-bond acceptors (Lipinski definition) is 5. The van der Waals surface area contributed by atoms with Gasteiger partial charge in [0.2, 0.25) is 0 Å². The van der Waals surface area contributed by atoms with Gasteiger partial charge in [0.1, 0.15) is 0 Å². The molecule has 1 N–H and O–H groups in total. The first-order chi connectivity index (χ1) is 12.5. The number of rotatable bonds is 4. The molecule has 3 rings (SSSR count). The molecule has 0 bridgehead atoms. The maximum Gasteiger partial charge on any atom is 0.264 e. The molecule has 2 aromatic rings. The van der Waals surface area contributed by atoms with Crippen LogP contribution < -0.4 is 14.8 Å². The van der Waals surface area contributed by atoms with Crippen molar-refractivity contribution >= 4 is 34.6 Å². The summed E-state index contributed by atoms with van der Waals surface area (Å²) in [6.07, 6.45) is 1.81. The Morgan fingerprint density at radius 2 is 1.81 bits per heavy atom. The average molecular weight is 368 g/mol. The van der Waals surface area contributed by atoms with Crippen LogP contribution in [0.4, 0.5) is 5.69 Å². The van der Waals surface area contributed by atoms with Gasteiger partial charge in [0, 0.05) is 0 Å². The second kappa shape index (κ2) is 7.66. The third-order valence-corrected chi connectivity index (χ3v) is 4.84. The Labute approximate surface area is 157 Å². The molecule has 0 unspecified atom stereocenters. The Bertz CT molecular complexity index is 919. The zero-order valence-electron chi connectivity index (χ0n) is 15.1. The van der Waals surface area contributed by atoms with Gasteiger partial charge in [0.05, 0.1) is 24.8 Å². The molecule has 0 atom stereocenters. The topological polar surface area (TPSA) is 59.9 Å². The van der Waals surface area contributed by atoms with Crippen molar-refractivity contribution in [1.82, 2.24) is 5.32 Å². The molecule has 1 aliphatic heterocycles. The van der Waals surface area contributed by atoms with Gasteiger partial charge in [-0.3, -0.25) is 4.79 Å². The van der Waals surface area contributed by atoms with Crippen molar-refractivity contribution in [2.24, 2.45) is 4.99 Å². The highest BCUT2D eigenvalue weighted by molar-refractivity contribution is 8.18. The highest BCUT2D eigenvalue weighted by Gasteiger charge is 2.24. The van der Waals surface area contributed by atoms with Gasteiger partial charge in [0.25, 0.3) is 5.91 Å². The number of aryl methyl sites for hydroxylation is 2. The third-order valence-electron chi connectivity index (χ3n) is 3.93. The number of thioether (sulfide) groups is 1. The van der Waals surface area contributed by atoms with Crippen molar-refractivity contribution in [3.05, 3.63) is 58.0 Å². The second-order valence-electron chi connectivity index (χ2n) is 5.89. The SMILES string of the molecule is COc1ccc(/C=C2\SC(=Nc3ccc(C)cc3C)NC2=O)cc1OC. The van der Waals surface area contributed by atoms with Gasteiger partial charge in [0.15, 0.2) is 16.7 Å². The van der Waals surface area contributed by atoms with E-state index in [1.54, 1.807) is 14.2 Å². The van der Waals surface area contributed by atoms with Gasteiger partial charge in [-0.15, -0.1) is 0 Å². The number of nitrogens with one attached hydrogen (secondary N) is 1.